The highest BCUT2D eigenvalue weighted by Gasteiger charge is 2.43. The van der Waals surface area contributed by atoms with Crippen LogP contribution in [-0.4, -0.2) is 34.0 Å². The Morgan fingerprint density at radius 1 is 1.41 bits per heavy atom. The van der Waals surface area contributed by atoms with E-state index >= 15 is 0 Å². The molecule has 5 heteroatoms. The van der Waals surface area contributed by atoms with Crippen molar-refractivity contribution in [1.82, 2.24) is 9.88 Å². The first kappa shape index (κ1) is 12.5. The van der Waals surface area contributed by atoms with Crippen LogP contribution in [0.25, 0.3) is 0 Å². The first-order valence-electron chi connectivity index (χ1n) is 6.04. The normalized spacial score (nSPS) is 21.7. The monoisotopic (exact) mass is 254 g/mol. The Bertz CT molecular complexity index is 372. The van der Waals surface area contributed by atoms with Gasteiger partial charge < -0.3 is 5.11 Å². The van der Waals surface area contributed by atoms with Gasteiger partial charge in [0.25, 0.3) is 0 Å². The standard InChI is InChI=1S/C12H18N2O2S/c1-12(11(15)16,10-13-6-9-17-10)14-7-4-2-3-5-8-14/h6,9H,2-5,7-8H2,1H3,(H,15,16). The maximum absolute atomic E-state index is 11.7. The Labute approximate surface area is 105 Å². The van der Waals surface area contributed by atoms with Crippen molar-refractivity contribution in [2.45, 2.75) is 38.1 Å². The van der Waals surface area contributed by atoms with E-state index in [0.717, 1.165) is 25.9 Å². The Morgan fingerprint density at radius 2 is 2.06 bits per heavy atom. The van der Waals surface area contributed by atoms with Crippen molar-refractivity contribution in [2.75, 3.05) is 13.1 Å². The minimum absolute atomic E-state index is 0.687. The van der Waals surface area contributed by atoms with Gasteiger partial charge in [0.1, 0.15) is 5.01 Å². The highest BCUT2D eigenvalue weighted by molar-refractivity contribution is 7.09. The van der Waals surface area contributed by atoms with Crippen molar-refractivity contribution in [2.24, 2.45) is 0 Å². The molecule has 0 saturated carbocycles. The van der Waals surface area contributed by atoms with E-state index in [1.807, 2.05) is 5.38 Å². The molecule has 4 nitrogen and oxygen atoms in total. The summed E-state index contributed by atoms with van der Waals surface area (Å²) in [6, 6.07) is 0. The summed E-state index contributed by atoms with van der Waals surface area (Å²) >= 11 is 1.43. The third-order valence-corrected chi connectivity index (χ3v) is 4.49. The van der Waals surface area contributed by atoms with Crippen LogP contribution in [0.4, 0.5) is 0 Å². The quantitative estimate of drug-likeness (QED) is 0.899. The molecule has 1 aromatic rings. The fraction of sp³-hybridized carbons (Fsp3) is 0.667. The number of carboxylic acid groups (broad SMARTS) is 1. The maximum Gasteiger partial charge on any atom is 0.331 e. The Hall–Kier alpha value is -0.940. The Balaban J connectivity index is 2.30. The summed E-state index contributed by atoms with van der Waals surface area (Å²) in [6.07, 6.45) is 6.23. The van der Waals surface area contributed by atoms with Gasteiger partial charge in [0.05, 0.1) is 0 Å². The molecule has 0 amide bonds. The third-order valence-electron chi connectivity index (χ3n) is 3.50. The minimum atomic E-state index is -0.960. The van der Waals surface area contributed by atoms with Gasteiger partial charge in [-0.05, 0) is 32.9 Å². The van der Waals surface area contributed by atoms with Crippen molar-refractivity contribution in [3.05, 3.63) is 16.6 Å². The molecule has 1 unspecified atom stereocenters. The largest absolute Gasteiger partial charge is 0.480 e. The number of aliphatic carboxylic acids is 1. The maximum atomic E-state index is 11.7. The molecule has 0 aromatic carbocycles. The molecule has 2 heterocycles. The summed E-state index contributed by atoms with van der Waals surface area (Å²) in [6.45, 7) is 3.48. The zero-order valence-electron chi connectivity index (χ0n) is 10.1. The van der Waals surface area contributed by atoms with Crippen molar-refractivity contribution < 1.29 is 9.90 Å². The Morgan fingerprint density at radius 3 is 2.53 bits per heavy atom. The van der Waals surface area contributed by atoms with E-state index < -0.39 is 11.5 Å². The zero-order valence-corrected chi connectivity index (χ0v) is 10.9. The first-order valence-corrected chi connectivity index (χ1v) is 6.92. The lowest BCUT2D eigenvalue weighted by atomic mass is 10.0. The molecule has 0 spiro atoms. The number of aromatic nitrogens is 1. The molecule has 1 aliphatic rings. The lowest BCUT2D eigenvalue weighted by molar-refractivity contribution is -0.151. The summed E-state index contributed by atoms with van der Waals surface area (Å²) in [5.41, 5.74) is -0.960. The van der Waals surface area contributed by atoms with E-state index in [1.165, 1.54) is 24.2 Å². The van der Waals surface area contributed by atoms with Crippen LogP contribution in [0, 0.1) is 0 Å². The molecule has 1 aliphatic heterocycles. The van der Waals surface area contributed by atoms with Gasteiger partial charge in [-0.25, -0.2) is 9.78 Å². The Kier molecular flexibility index (Phi) is 3.79. The lowest BCUT2D eigenvalue weighted by Gasteiger charge is -2.35. The summed E-state index contributed by atoms with van der Waals surface area (Å²) in [4.78, 5) is 17.9. The number of thiazole rings is 1. The van der Waals surface area contributed by atoms with Crippen LogP contribution in [0.15, 0.2) is 11.6 Å². The summed E-state index contributed by atoms with van der Waals surface area (Å²) in [5.74, 6) is -0.797. The number of likely N-dealkylation sites (tertiary alicyclic amines) is 1. The molecule has 94 valence electrons. The predicted molar refractivity (Wildman–Crippen MR) is 67.1 cm³/mol. The van der Waals surface area contributed by atoms with Crippen LogP contribution in [0.3, 0.4) is 0 Å². The van der Waals surface area contributed by atoms with Crippen LogP contribution < -0.4 is 0 Å². The second-order valence-electron chi connectivity index (χ2n) is 4.62. The molecule has 2 rings (SSSR count). The SMILES string of the molecule is CC(C(=O)O)(c1nccs1)N1CCCCCC1. The number of rotatable bonds is 3. The van der Waals surface area contributed by atoms with Crippen LogP contribution in [0.2, 0.25) is 0 Å². The molecule has 0 radical (unpaired) electrons. The van der Waals surface area contributed by atoms with Gasteiger partial charge in [0.2, 0.25) is 0 Å². The molecule has 1 atom stereocenters. The molecular weight excluding hydrogens is 236 g/mol. The molecular formula is C12H18N2O2S. The second kappa shape index (κ2) is 5.14. The van der Waals surface area contributed by atoms with Crippen molar-refractivity contribution >= 4 is 17.3 Å². The summed E-state index contributed by atoms with van der Waals surface area (Å²) < 4.78 is 0. The molecule has 1 fully saturated rings. The van der Waals surface area contributed by atoms with Gasteiger partial charge >= 0.3 is 5.97 Å². The van der Waals surface area contributed by atoms with Crippen molar-refractivity contribution in [1.29, 1.82) is 0 Å². The first-order chi connectivity index (χ1) is 8.15. The molecule has 17 heavy (non-hydrogen) atoms. The number of hydrogen-bond acceptors (Lipinski definition) is 4. The van der Waals surface area contributed by atoms with Gasteiger partial charge in [-0.1, -0.05) is 12.8 Å². The summed E-state index contributed by atoms with van der Waals surface area (Å²) in [5, 5.41) is 12.1. The highest BCUT2D eigenvalue weighted by atomic mass is 32.1. The average molecular weight is 254 g/mol. The van der Waals surface area contributed by atoms with Crippen LogP contribution in [0.5, 0.6) is 0 Å². The molecule has 1 aromatic heterocycles. The lowest BCUT2D eigenvalue weighted by Crippen LogP contribution is -2.50. The van der Waals surface area contributed by atoms with Crippen molar-refractivity contribution in [3.63, 3.8) is 0 Å². The van der Waals surface area contributed by atoms with E-state index in [0.29, 0.717) is 5.01 Å². The van der Waals surface area contributed by atoms with Gasteiger partial charge in [-0.15, -0.1) is 11.3 Å². The van der Waals surface area contributed by atoms with Gasteiger partial charge in [-0.3, -0.25) is 4.90 Å². The van der Waals surface area contributed by atoms with Crippen LogP contribution in [0.1, 0.15) is 37.6 Å². The van der Waals surface area contributed by atoms with Crippen LogP contribution >= 0.6 is 11.3 Å². The number of carbonyl (C=O) groups is 1. The number of nitrogens with zero attached hydrogens (tertiary/aromatic N) is 2. The average Bonchev–Trinajstić information content (AvgIpc) is 2.70. The molecule has 0 aliphatic carbocycles. The third kappa shape index (κ3) is 2.35. The molecule has 0 bridgehead atoms. The van der Waals surface area contributed by atoms with E-state index in [-0.39, 0.29) is 0 Å². The van der Waals surface area contributed by atoms with Crippen LogP contribution in [-0.2, 0) is 10.3 Å². The van der Waals surface area contributed by atoms with E-state index in [2.05, 4.69) is 9.88 Å². The summed E-state index contributed by atoms with van der Waals surface area (Å²) in [7, 11) is 0. The predicted octanol–water partition coefficient (Wildman–Crippen LogP) is 2.32. The topological polar surface area (TPSA) is 53.4 Å². The number of carboxylic acids is 1. The fourth-order valence-corrected chi connectivity index (χ4v) is 3.16. The second-order valence-corrected chi connectivity index (χ2v) is 5.51. The zero-order chi connectivity index (χ0) is 12.3. The van der Waals surface area contributed by atoms with Gasteiger partial charge in [-0.2, -0.15) is 0 Å². The van der Waals surface area contributed by atoms with Crippen molar-refractivity contribution in [3.8, 4) is 0 Å². The van der Waals surface area contributed by atoms with E-state index in [9.17, 15) is 9.90 Å². The van der Waals surface area contributed by atoms with E-state index in [1.54, 1.807) is 13.1 Å². The van der Waals surface area contributed by atoms with E-state index in [4.69, 9.17) is 0 Å². The highest BCUT2D eigenvalue weighted by Crippen LogP contribution is 2.32. The van der Waals surface area contributed by atoms with Gasteiger partial charge in [0, 0.05) is 11.6 Å². The van der Waals surface area contributed by atoms with Gasteiger partial charge in [0.15, 0.2) is 5.54 Å². The minimum Gasteiger partial charge on any atom is -0.480 e. The fourth-order valence-electron chi connectivity index (χ4n) is 2.34. The molecule has 1 saturated heterocycles. The molecule has 1 N–H and O–H groups in total. The smallest absolute Gasteiger partial charge is 0.331 e. The number of hydrogen-bond donors (Lipinski definition) is 1.